The van der Waals surface area contributed by atoms with Crippen molar-refractivity contribution in [1.82, 2.24) is 14.3 Å². The van der Waals surface area contributed by atoms with E-state index in [4.69, 9.17) is 5.11 Å². The summed E-state index contributed by atoms with van der Waals surface area (Å²) in [5.41, 5.74) is 1.90. The van der Waals surface area contributed by atoms with Gasteiger partial charge in [-0.05, 0) is 28.4 Å². The van der Waals surface area contributed by atoms with Crippen molar-refractivity contribution in [1.29, 1.82) is 0 Å². The van der Waals surface area contributed by atoms with Crippen molar-refractivity contribution in [2.75, 3.05) is 0 Å². The van der Waals surface area contributed by atoms with Crippen molar-refractivity contribution in [2.45, 2.75) is 13.3 Å². The minimum absolute atomic E-state index is 0.222. The Balaban J connectivity index is 2.63. The summed E-state index contributed by atoms with van der Waals surface area (Å²) in [7, 11) is 1.82. The summed E-state index contributed by atoms with van der Waals surface area (Å²) in [5, 5.41) is 13.4. The Labute approximate surface area is 107 Å². The third-order valence-corrected chi connectivity index (χ3v) is 2.92. The largest absolute Gasteiger partial charge is 0.477 e. The van der Waals surface area contributed by atoms with Crippen LogP contribution in [0.5, 0.6) is 0 Å². The van der Waals surface area contributed by atoms with Gasteiger partial charge in [-0.3, -0.25) is 4.68 Å². The number of rotatable bonds is 3. The van der Waals surface area contributed by atoms with Gasteiger partial charge < -0.3 is 9.67 Å². The van der Waals surface area contributed by atoms with Crippen LogP contribution in [0.25, 0.3) is 5.69 Å². The summed E-state index contributed by atoms with van der Waals surface area (Å²) in [6, 6.07) is 1.58. The molecular formula is C11H12BrN3O2. The molecule has 2 aromatic heterocycles. The standard InChI is InChI=1S/C11H12BrN3O2/c1-3-8-10(6-14(2)13-8)15-5-7(12)4-9(15)11(16)17/h4-6H,3H2,1-2H3,(H,16,17). The number of aryl methyl sites for hydroxylation is 2. The predicted octanol–water partition coefficient (Wildman–Crippen LogP) is 2.23. The maximum absolute atomic E-state index is 11.1. The van der Waals surface area contributed by atoms with E-state index in [1.54, 1.807) is 21.5 Å². The average molecular weight is 298 g/mol. The third kappa shape index (κ3) is 2.12. The zero-order valence-electron chi connectivity index (χ0n) is 9.51. The van der Waals surface area contributed by atoms with Gasteiger partial charge in [-0.15, -0.1) is 0 Å². The van der Waals surface area contributed by atoms with Gasteiger partial charge >= 0.3 is 5.97 Å². The van der Waals surface area contributed by atoms with E-state index in [-0.39, 0.29) is 5.69 Å². The number of hydrogen-bond donors (Lipinski definition) is 1. The number of nitrogens with zero attached hydrogens (tertiary/aromatic N) is 3. The molecule has 5 nitrogen and oxygen atoms in total. The summed E-state index contributed by atoms with van der Waals surface area (Å²) in [4.78, 5) is 11.1. The molecule has 6 heteroatoms. The van der Waals surface area contributed by atoms with Gasteiger partial charge in [-0.1, -0.05) is 6.92 Å². The van der Waals surface area contributed by atoms with Crippen molar-refractivity contribution in [3.63, 3.8) is 0 Å². The van der Waals surface area contributed by atoms with Crippen LogP contribution in [-0.4, -0.2) is 25.4 Å². The fourth-order valence-corrected chi connectivity index (χ4v) is 2.19. The number of aromatic carboxylic acids is 1. The smallest absolute Gasteiger partial charge is 0.352 e. The molecule has 0 saturated heterocycles. The lowest BCUT2D eigenvalue weighted by Crippen LogP contribution is -2.06. The fraction of sp³-hybridized carbons (Fsp3) is 0.273. The van der Waals surface area contributed by atoms with E-state index in [0.717, 1.165) is 22.3 Å². The monoisotopic (exact) mass is 297 g/mol. The molecule has 0 atom stereocenters. The summed E-state index contributed by atoms with van der Waals surface area (Å²) >= 11 is 3.29. The molecular weight excluding hydrogens is 286 g/mol. The summed E-state index contributed by atoms with van der Waals surface area (Å²) < 4.78 is 4.06. The van der Waals surface area contributed by atoms with Gasteiger partial charge in [-0.25, -0.2) is 4.79 Å². The number of carboxylic acids is 1. The maximum Gasteiger partial charge on any atom is 0.352 e. The maximum atomic E-state index is 11.1. The Morgan fingerprint density at radius 1 is 1.53 bits per heavy atom. The Morgan fingerprint density at radius 3 is 2.82 bits per heavy atom. The van der Waals surface area contributed by atoms with Gasteiger partial charge in [0.05, 0.1) is 11.4 Å². The Bertz CT molecular complexity index is 571. The Hall–Kier alpha value is -1.56. The lowest BCUT2D eigenvalue weighted by Gasteiger charge is -2.04. The van der Waals surface area contributed by atoms with E-state index in [9.17, 15) is 4.79 Å². The summed E-state index contributed by atoms with van der Waals surface area (Å²) in [5.74, 6) is -0.957. The van der Waals surface area contributed by atoms with Crippen molar-refractivity contribution >= 4 is 21.9 Å². The molecule has 2 aromatic rings. The highest BCUT2D eigenvalue weighted by atomic mass is 79.9. The highest BCUT2D eigenvalue weighted by Crippen LogP contribution is 2.22. The van der Waals surface area contributed by atoms with Crippen LogP contribution in [0.15, 0.2) is 22.9 Å². The summed E-state index contributed by atoms with van der Waals surface area (Å²) in [6.45, 7) is 1.99. The molecule has 0 aliphatic carbocycles. The Kier molecular flexibility index (Phi) is 3.06. The minimum Gasteiger partial charge on any atom is -0.477 e. The molecule has 0 aliphatic rings. The van der Waals surface area contributed by atoms with Crippen LogP contribution >= 0.6 is 15.9 Å². The van der Waals surface area contributed by atoms with Crippen molar-refractivity contribution in [3.8, 4) is 5.69 Å². The Morgan fingerprint density at radius 2 is 2.24 bits per heavy atom. The SMILES string of the molecule is CCc1nn(C)cc1-n1cc(Br)cc1C(=O)O. The average Bonchev–Trinajstić information content (AvgIpc) is 2.81. The van der Waals surface area contributed by atoms with Crippen LogP contribution in [-0.2, 0) is 13.5 Å². The molecule has 0 bridgehead atoms. The van der Waals surface area contributed by atoms with Crippen LogP contribution in [0.1, 0.15) is 23.1 Å². The number of hydrogen-bond acceptors (Lipinski definition) is 2. The van der Waals surface area contributed by atoms with E-state index in [1.807, 2.05) is 20.2 Å². The van der Waals surface area contributed by atoms with Crippen molar-refractivity contribution < 1.29 is 9.90 Å². The molecule has 0 radical (unpaired) electrons. The number of halogens is 1. The number of carbonyl (C=O) groups is 1. The lowest BCUT2D eigenvalue weighted by molar-refractivity contribution is 0.0688. The summed E-state index contributed by atoms with van der Waals surface area (Å²) in [6.07, 6.45) is 4.31. The number of carboxylic acid groups (broad SMARTS) is 1. The first kappa shape index (κ1) is 11.9. The normalized spacial score (nSPS) is 10.8. The number of aromatic nitrogens is 3. The van der Waals surface area contributed by atoms with Gasteiger partial charge in [0.1, 0.15) is 5.69 Å². The molecule has 2 heterocycles. The second-order valence-corrected chi connectivity index (χ2v) is 4.62. The van der Waals surface area contributed by atoms with Gasteiger partial charge in [0.2, 0.25) is 0 Å². The van der Waals surface area contributed by atoms with Gasteiger partial charge in [0.15, 0.2) is 0 Å². The molecule has 0 spiro atoms. The van der Waals surface area contributed by atoms with Crippen LogP contribution < -0.4 is 0 Å². The van der Waals surface area contributed by atoms with Crippen molar-refractivity contribution in [3.05, 3.63) is 34.3 Å². The molecule has 2 rings (SSSR count). The van der Waals surface area contributed by atoms with Gasteiger partial charge in [-0.2, -0.15) is 5.10 Å². The van der Waals surface area contributed by atoms with Gasteiger partial charge in [0, 0.05) is 23.9 Å². The zero-order valence-corrected chi connectivity index (χ0v) is 11.1. The molecule has 17 heavy (non-hydrogen) atoms. The lowest BCUT2D eigenvalue weighted by atomic mass is 10.3. The molecule has 0 unspecified atom stereocenters. The van der Waals surface area contributed by atoms with Crippen LogP contribution in [0.4, 0.5) is 0 Å². The quantitative estimate of drug-likeness (QED) is 0.945. The first-order valence-corrected chi connectivity index (χ1v) is 5.96. The molecule has 0 amide bonds. The highest BCUT2D eigenvalue weighted by molar-refractivity contribution is 9.10. The first-order valence-electron chi connectivity index (χ1n) is 5.17. The van der Waals surface area contributed by atoms with Crippen molar-refractivity contribution in [2.24, 2.45) is 7.05 Å². The van der Waals surface area contributed by atoms with E-state index in [0.29, 0.717) is 0 Å². The highest BCUT2D eigenvalue weighted by Gasteiger charge is 2.16. The fourth-order valence-electron chi connectivity index (χ4n) is 1.77. The minimum atomic E-state index is -0.957. The second kappa shape index (κ2) is 4.37. The van der Waals surface area contributed by atoms with E-state index >= 15 is 0 Å². The van der Waals surface area contributed by atoms with E-state index in [1.165, 1.54) is 0 Å². The molecule has 1 N–H and O–H groups in total. The predicted molar refractivity (Wildman–Crippen MR) is 66.6 cm³/mol. The van der Waals surface area contributed by atoms with Crippen LogP contribution in [0.2, 0.25) is 0 Å². The molecule has 0 aromatic carbocycles. The molecule has 90 valence electrons. The topological polar surface area (TPSA) is 60.0 Å². The zero-order chi connectivity index (χ0) is 12.6. The van der Waals surface area contributed by atoms with E-state index in [2.05, 4.69) is 21.0 Å². The first-order chi connectivity index (χ1) is 8.02. The van der Waals surface area contributed by atoms with Crippen LogP contribution in [0.3, 0.4) is 0 Å². The van der Waals surface area contributed by atoms with Crippen LogP contribution in [0, 0.1) is 0 Å². The molecule has 0 fully saturated rings. The van der Waals surface area contributed by atoms with E-state index < -0.39 is 5.97 Å². The molecule has 0 saturated carbocycles. The third-order valence-electron chi connectivity index (χ3n) is 2.48. The second-order valence-electron chi connectivity index (χ2n) is 3.71. The van der Waals surface area contributed by atoms with Gasteiger partial charge in [0.25, 0.3) is 0 Å². The molecule has 0 aliphatic heterocycles.